The SMILES string of the molecule is CC1=C(C(=O)OCCc2ccccc2)C(c2ccc(Br)cc2)C2C(=O)CCC=C2N1. The van der Waals surface area contributed by atoms with E-state index in [2.05, 4.69) is 27.3 Å². The average molecular weight is 466 g/mol. The summed E-state index contributed by atoms with van der Waals surface area (Å²) in [4.78, 5) is 26.1. The Balaban J connectivity index is 1.63. The Morgan fingerprint density at radius 2 is 1.83 bits per heavy atom. The summed E-state index contributed by atoms with van der Waals surface area (Å²) in [5, 5.41) is 3.31. The molecular weight excluding hydrogens is 442 g/mol. The first kappa shape index (κ1) is 20.6. The van der Waals surface area contributed by atoms with Gasteiger partial charge in [-0.15, -0.1) is 0 Å². The number of allylic oxidation sites excluding steroid dienone is 3. The smallest absolute Gasteiger partial charge is 0.336 e. The molecule has 1 heterocycles. The number of ketones is 1. The molecule has 30 heavy (non-hydrogen) atoms. The van der Waals surface area contributed by atoms with E-state index < -0.39 is 0 Å². The maximum Gasteiger partial charge on any atom is 0.336 e. The monoisotopic (exact) mass is 465 g/mol. The molecule has 0 spiro atoms. The molecule has 1 aliphatic heterocycles. The highest BCUT2D eigenvalue weighted by atomic mass is 79.9. The summed E-state index contributed by atoms with van der Waals surface area (Å²) in [5.74, 6) is -0.917. The fourth-order valence-corrected chi connectivity index (χ4v) is 4.56. The molecule has 0 saturated carbocycles. The van der Waals surface area contributed by atoms with Gasteiger partial charge in [0.2, 0.25) is 0 Å². The van der Waals surface area contributed by atoms with Gasteiger partial charge in [-0.1, -0.05) is 64.5 Å². The van der Waals surface area contributed by atoms with E-state index in [9.17, 15) is 9.59 Å². The van der Waals surface area contributed by atoms with Crippen molar-refractivity contribution in [2.45, 2.75) is 32.1 Å². The second kappa shape index (κ2) is 9.00. The summed E-state index contributed by atoms with van der Waals surface area (Å²) >= 11 is 3.47. The molecule has 1 N–H and O–H groups in total. The van der Waals surface area contributed by atoms with E-state index in [0.29, 0.717) is 25.0 Å². The van der Waals surface area contributed by atoms with Crippen LogP contribution in [0.1, 0.15) is 36.8 Å². The Morgan fingerprint density at radius 1 is 1.10 bits per heavy atom. The highest BCUT2D eigenvalue weighted by Gasteiger charge is 2.43. The molecule has 0 radical (unpaired) electrons. The fraction of sp³-hybridized carbons (Fsp3) is 0.280. The number of carbonyl (C=O) groups excluding carboxylic acids is 2. The zero-order valence-corrected chi connectivity index (χ0v) is 18.4. The van der Waals surface area contributed by atoms with Crippen LogP contribution in [0.25, 0.3) is 0 Å². The third kappa shape index (κ3) is 4.26. The van der Waals surface area contributed by atoms with Crippen LogP contribution < -0.4 is 5.32 Å². The predicted molar refractivity (Wildman–Crippen MR) is 120 cm³/mol. The van der Waals surface area contributed by atoms with Gasteiger partial charge in [0.25, 0.3) is 0 Å². The van der Waals surface area contributed by atoms with Crippen molar-refractivity contribution in [2.24, 2.45) is 5.92 Å². The van der Waals surface area contributed by atoms with Gasteiger partial charge >= 0.3 is 5.97 Å². The van der Waals surface area contributed by atoms with Crippen molar-refractivity contribution in [3.63, 3.8) is 0 Å². The Morgan fingerprint density at radius 3 is 2.57 bits per heavy atom. The van der Waals surface area contributed by atoms with Gasteiger partial charge in [-0.25, -0.2) is 4.79 Å². The number of fused-ring (bicyclic) bond motifs is 1. The van der Waals surface area contributed by atoms with Gasteiger partial charge in [0.05, 0.1) is 18.1 Å². The molecule has 2 atom stereocenters. The highest BCUT2D eigenvalue weighted by molar-refractivity contribution is 9.10. The fourth-order valence-electron chi connectivity index (χ4n) is 4.30. The maximum absolute atomic E-state index is 13.2. The molecule has 2 aromatic carbocycles. The van der Waals surface area contributed by atoms with Crippen LogP contribution in [0.5, 0.6) is 0 Å². The van der Waals surface area contributed by atoms with Gasteiger partial charge in [0.15, 0.2) is 0 Å². The molecule has 4 rings (SSSR count). The molecule has 2 aromatic rings. The van der Waals surface area contributed by atoms with Gasteiger partial charge in [0.1, 0.15) is 5.78 Å². The Kier molecular flexibility index (Phi) is 6.18. The lowest BCUT2D eigenvalue weighted by Crippen LogP contribution is -2.40. The van der Waals surface area contributed by atoms with E-state index >= 15 is 0 Å². The zero-order valence-electron chi connectivity index (χ0n) is 16.9. The molecule has 4 nitrogen and oxygen atoms in total. The van der Waals surface area contributed by atoms with Gasteiger partial charge in [-0.2, -0.15) is 0 Å². The van der Waals surface area contributed by atoms with Crippen LogP contribution in [0.15, 0.2) is 82.1 Å². The van der Waals surface area contributed by atoms with Crippen molar-refractivity contribution in [3.8, 4) is 0 Å². The van der Waals surface area contributed by atoms with E-state index in [-0.39, 0.29) is 23.6 Å². The maximum atomic E-state index is 13.2. The minimum atomic E-state index is -0.375. The third-order valence-electron chi connectivity index (χ3n) is 5.73. The van der Waals surface area contributed by atoms with Crippen LogP contribution in [0.2, 0.25) is 0 Å². The topological polar surface area (TPSA) is 55.4 Å². The van der Waals surface area contributed by atoms with Crippen LogP contribution in [0, 0.1) is 5.92 Å². The summed E-state index contributed by atoms with van der Waals surface area (Å²) in [6.07, 6.45) is 3.97. The second-order valence-corrected chi connectivity index (χ2v) is 8.62. The lowest BCUT2D eigenvalue weighted by atomic mass is 9.71. The first-order valence-corrected chi connectivity index (χ1v) is 11.0. The number of hydrogen-bond donors (Lipinski definition) is 1. The summed E-state index contributed by atoms with van der Waals surface area (Å²) in [7, 11) is 0. The van der Waals surface area contributed by atoms with Crippen molar-refractivity contribution in [1.29, 1.82) is 0 Å². The van der Waals surface area contributed by atoms with Gasteiger partial charge in [-0.05, 0) is 36.6 Å². The van der Waals surface area contributed by atoms with E-state index in [1.54, 1.807) is 0 Å². The summed E-state index contributed by atoms with van der Waals surface area (Å²) in [6, 6.07) is 17.8. The lowest BCUT2D eigenvalue weighted by molar-refractivity contribution is -0.139. The molecule has 154 valence electrons. The van der Waals surface area contributed by atoms with Crippen LogP contribution in [-0.2, 0) is 20.7 Å². The number of nitrogens with one attached hydrogen (secondary N) is 1. The standard InChI is InChI=1S/C25H24BrNO3/c1-16-22(25(29)30-15-14-17-6-3-2-4-7-17)23(18-10-12-19(26)13-11-18)24-20(27-16)8-5-9-21(24)28/h2-4,6-8,10-13,23-24,27H,5,9,14-15H2,1H3. The number of esters is 1. The zero-order chi connectivity index (χ0) is 21.1. The Hall–Kier alpha value is -2.66. The van der Waals surface area contributed by atoms with E-state index in [0.717, 1.165) is 33.4 Å². The number of ether oxygens (including phenoxy) is 1. The quantitative estimate of drug-likeness (QED) is 0.626. The molecular formula is C25H24BrNO3. The molecule has 0 saturated heterocycles. The first-order chi connectivity index (χ1) is 14.5. The van der Waals surface area contributed by atoms with Crippen molar-refractivity contribution in [2.75, 3.05) is 6.61 Å². The van der Waals surface area contributed by atoms with Gasteiger partial charge < -0.3 is 10.1 Å². The van der Waals surface area contributed by atoms with Crippen molar-refractivity contribution in [3.05, 3.63) is 93.2 Å². The van der Waals surface area contributed by atoms with Crippen molar-refractivity contribution < 1.29 is 14.3 Å². The molecule has 0 amide bonds. The van der Waals surface area contributed by atoms with Crippen LogP contribution in [0.3, 0.4) is 0 Å². The van der Waals surface area contributed by atoms with Crippen LogP contribution >= 0.6 is 15.9 Å². The Bertz CT molecular complexity index is 1010. The van der Waals surface area contributed by atoms with Crippen LogP contribution in [-0.4, -0.2) is 18.4 Å². The minimum absolute atomic E-state index is 0.162. The molecule has 2 unspecified atom stereocenters. The largest absolute Gasteiger partial charge is 0.462 e. The van der Waals surface area contributed by atoms with Crippen molar-refractivity contribution >= 4 is 27.7 Å². The number of rotatable bonds is 5. The number of carbonyl (C=O) groups is 2. The number of hydrogen-bond acceptors (Lipinski definition) is 4. The summed E-state index contributed by atoms with van der Waals surface area (Å²) in [5.41, 5.74) is 4.26. The van der Waals surface area contributed by atoms with E-state index in [1.165, 1.54) is 0 Å². The molecule has 1 aliphatic carbocycles. The average Bonchev–Trinajstić information content (AvgIpc) is 2.74. The summed E-state index contributed by atoms with van der Waals surface area (Å²) in [6.45, 7) is 2.18. The molecule has 0 bridgehead atoms. The molecule has 0 aromatic heterocycles. The van der Waals surface area contributed by atoms with E-state index in [1.807, 2.05) is 61.5 Å². The lowest BCUT2D eigenvalue weighted by Gasteiger charge is -2.38. The first-order valence-electron chi connectivity index (χ1n) is 10.2. The van der Waals surface area contributed by atoms with E-state index in [4.69, 9.17) is 4.74 Å². The summed E-state index contributed by atoms with van der Waals surface area (Å²) < 4.78 is 6.63. The number of halogens is 1. The number of benzene rings is 2. The van der Waals surface area contributed by atoms with Crippen LogP contribution in [0.4, 0.5) is 0 Å². The second-order valence-electron chi connectivity index (χ2n) is 7.71. The molecule has 5 heteroatoms. The third-order valence-corrected chi connectivity index (χ3v) is 6.26. The highest BCUT2D eigenvalue weighted by Crippen LogP contribution is 2.44. The predicted octanol–water partition coefficient (Wildman–Crippen LogP) is 5.06. The molecule has 0 fully saturated rings. The Labute approximate surface area is 185 Å². The minimum Gasteiger partial charge on any atom is -0.462 e. The normalized spacial score (nSPS) is 20.9. The van der Waals surface area contributed by atoms with Gasteiger partial charge in [-0.3, -0.25) is 4.79 Å². The number of Topliss-reactive ketones (excluding diaryl/α,β-unsaturated/α-hetero) is 1. The van der Waals surface area contributed by atoms with Gasteiger partial charge in [0, 0.05) is 34.6 Å². The van der Waals surface area contributed by atoms with Crippen molar-refractivity contribution in [1.82, 2.24) is 5.32 Å². The molecule has 2 aliphatic rings.